The number of aromatic nitrogens is 4. The van der Waals surface area contributed by atoms with Crippen molar-refractivity contribution in [1.29, 1.82) is 0 Å². The van der Waals surface area contributed by atoms with Crippen LogP contribution in [0, 0.1) is 18.6 Å². The minimum absolute atomic E-state index is 0.0779. The van der Waals surface area contributed by atoms with E-state index in [-0.39, 0.29) is 18.0 Å². The fraction of sp³-hybridized carbons (Fsp3) is 0.182. The highest BCUT2D eigenvalue weighted by Gasteiger charge is 2.13. The van der Waals surface area contributed by atoms with Crippen molar-refractivity contribution in [3.63, 3.8) is 0 Å². The number of carbonyl (C=O) groups is 1. The van der Waals surface area contributed by atoms with Crippen molar-refractivity contribution in [3.05, 3.63) is 66.1 Å². The van der Waals surface area contributed by atoms with Crippen LogP contribution in [0.25, 0.3) is 22.3 Å². The first-order valence-electron chi connectivity index (χ1n) is 9.72. The number of anilines is 2. The summed E-state index contributed by atoms with van der Waals surface area (Å²) in [4.78, 5) is 20.4. The molecule has 1 aromatic carbocycles. The van der Waals surface area contributed by atoms with Gasteiger partial charge < -0.3 is 10.6 Å². The minimum atomic E-state index is -0.556. The van der Waals surface area contributed by atoms with E-state index in [4.69, 9.17) is 0 Å². The summed E-state index contributed by atoms with van der Waals surface area (Å²) in [5, 5.41) is 10.5. The third-order valence-electron chi connectivity index (χ3n) is 4.71. The van der Waals surface area contributed by atoms with E-state index in [1.165, 1.54) is 4.68 Å². The fourth-order valence-electron chi connectivity index (χ4n) is 3.19. The van der Waals surface area contributed by atoms with Gasteiger partial charge >= 0.3 is 0 Å². The molecule has 3 aromatic heterocycles. The van der Waals surface area contributed by atoms with Crippen LogP contribution in [-0.2, 0) is 11.3 Å². The van der Waals surface area contributed by atoms with Crippen LogP contribution in [0.2, 0.25) is 0 Å². The van der Waals surface area contributed by atoms with Crippen molar-refractivity contribution in [2.75, 3.05) is 11.9 Å². The molecule has 0 atom stereocenters. The average molecular weight is 422 g/mol. The van der Waals surface area contributed by atoms with Crippen LogP contribution >= 0.6 is 0 Å². The number of likely N-dealkylation sites (N-methyl/N-ethyl adjacent to an activating group) is 1. The highest BCUT2D eigenvalue weighted by molar-refractivity contribution is 5.90. The fourth-order valence-corrected chi connectivity index (χ4v) is 3.19. The lowest BCUT2D eigenvalue weighted by atomic mass is 10.1. The molecule has 1 amide bonds. The molecule has 31 heavy (non-hydrogen) atoms. The van der Waals surface area contributed by atoms with Gasteiger partial charge in [-0.15, -0.1) is 0 Å². The highest BCUT2D eigenvalue weighted by Crippen LogP contribution is 2.30. The molecule has 7 nitrogen and oxygen atoms in total. The number of hydrogen-bond acceptors (Lipinski definition) is 5. The number of nitrogens with zero attached hydrogens (tertiary/aromatic N) is 4. The number of pyridine rings is 2. The molecule has 158 valence electrons. The predicted molar refractivity (Wildman–Crippen MR) is 114 cm³/mol. The molecule has 4 rings (SSSR count). The predicted octanol–water partition coefficient (Wildman–Crippen LogP) is 3.96. The maximum absolute atomic E-state index is 14.2. The van der Waals surface area contributed by atoms with E-state index in [0.29, 0.717) is 34.6 Å². The summed E-state index contributed by atoms with van der Waals surface area (Å²) in [6.07, 6.45) is 4.92. The van der Waals surface area contributed by atoms with Crippen LogP contribution in [-0.4, -0.2) is 32.2 Å². The monoisotopic (exact) mass is 422 g/mol. The van der Waals surface area contributed by atoms with Gasteiger partial charge in [0.15, 0.2) is 0 Å². The molecule has 0 fully saturated rings. The van der Waals surface area contributed by atoms with Gasteiger partial charge in [-0.05, 0) is 49.7 Å². The van der Waals surface area contributed by atoms with E-state index in [9.17, 15) is 13.6 Å². The molecule has 0 saturated carbocycles. The van der Waals surface area contributed by atoms with Crippen LogP contribution in [0.15, 0.2) is 48.9 Å². The van der Waals surface area contributed by atoms with Crippen molar-refractivity contribution in [3.8, 4) is 11.3 Å². The van der Waals surface area contributed by atoms with Crippen molar-refractivity contribution in [1.82, 2.24) is 25.1 Å². The van der Waals surface area contributed by atoms with Crippen molar-refractivity contribution >= 4 is 28.3 Å². The summed E-state index contributed by atoms with van der Waals surface area (Å²) in [5.74, 6) is -1.24. The Morgan fingerprint density at radius 3 is 2.77 bits per heavy atom. The van der Waals surface area contributed by atoms with Gasteiger partial charge in [-0.1, -0.05) is 0 Å². The van der Waals surface area contributed by atoms with Crippen molar-refractivity contribution < 1.29 is 13.6 Å². The molecule has 9 heteroatoms. The standard InChI is InChI=1S/C22H20F2N6O/c1-3-25-21(31)12-30-11-20-22(29-30)17(6-7-26-20)28-18-9-19(27-10-13(18)2)15-8-14(23)4-5-16(15)24/h4-11H,3,12H2,1-2H3,(H,25,31)(H,27,28). The maximum atomic E-state index is 14.2. The maximum Gasteiger partial charge on any atom is 0.241 e. The van der Waals surface area contributed by atoms with Crippen molar-refractivity contribution in [2.45, 2.75) is 20.4 Å². The lowest BCUT2D eigenvalue weighted by Gasteiger charge is -2.12. The number of benzene rings is 1. The molecule has 3 heterocycles. The summed E-state index contributed by atoms with van der Waals surface area (Å²) in [7, 11) is 0. The first-order valence-corrected chi connectivity index (χ1v) is 9.72. The topological polar surface area (TPSA) is 84.7 Å². The Bertz CT molecular complexity index is 1270. The van der Waals surface area contributed by atoms with Crippen LogP contribution in [0.3, 0.4) is 0 Å². The number of halogens is 2. The number of rotatable bonds is 6. The molecule has 0 bridgehead atoms. The Morgan fingerprint density at radius 2 is 1.97 bits per heavy atom. The van der Waals surface area contributed by atoms with Gasteiger partial charge in [0.25, 0.3) is 0 Å². The number of nitrogens with one attached hydrogen (secondary N) is 2. The Hall–Kier alpha value is -3.88. The van der Waals surface area contributed by atoms with E-state index in [0.717, 1.165) is 23.8 Å². The van der Waals surface area contributed by atoms with Gasteiger partial charge in [-0.25, -0.2) is 8.78 Å². The zero-order valence-corrected chi connectivity index (χ0v) is 17.0. The lowest BCUT2D eigenvalue weighted by Crippen LogP contribution is -2.27. The Labute approximate surface area is 177 Å². The zero-order valence-electron chi connectivity index (χ0n) is 17.0. The molecule has 0 aliphatic carbocycles. The first kappa shape index (κ1) is 20.4. The van der Waals surface area contributed by atoms with Gasteiger partial charge in [0.1, 0.15) is 29.2 Å². The summed E-state index contributed by atoms with van der Waals surface area (Å²) < 4.78 is 29.4. The van der Waals surface area contributed by atoms with E-state index in [1.807, 2.05) is 13.8 Å². The second kappa shape index (κ2) is 8.47. The molecule has 0 radical (unpaired) electrons. The van der Waals surface area contributed by atoms with Crippen LogP contribution in [0.5, 0.6) is 0 Å². The largest absolute Gasteiger partial charge is 0.355 e. The molecule has 0 aliphatic heterocycles. The Morgan fingerprint density at radius 1 is 1.13 bits per heavy atom. The number of carbonyl (C=O) groups excluding carboxylic acids is 1. The van der Waals surface area contributed by atoms with E-state index in [2.05, 4.69) is 25.7 Å². The van der Waals surface area contributed by atoms with Gasteiger partial charge in [0, 0.05) is 30.2 Å². The normalized spacial score (nSPS) is 11.0. The summed E-state index contributed by atoms with van der Waals surface area (Å²) in [6, 6.07) is 6.67. The summed E-state index contributed by atoms with van der Waals surface area (Å²) in [5.41, 5.74) is 3.73. The van der Waals surface area contributed by atoms with Crippen LogP contribution in [0.4, 0.5) is 20.2 Å². The van der Waals surface area contributed by atoms with Crippen LogP contribution < -0.4 is 10.6 Å². The zero-order chi connectivity index (χ0) is 22.0. The molecule has 2 N–H and O–H groups in total. The number of amides is 1. The summed E-state index contributed by atoms with van der Waals surface area (Å²) in [6.45, 7) is 4.33. The number of hydrogen-bond donors (Lipinski definition) is 2. The minimum Gasteiger partial charge on any atom is -0.355 e. The van der Waals surface area contributed by atoms with Gasteiger partial charge in [-0.3, -0.25) is 19.4 Å². The van der Waals surface area contributed by atoms with E-state index >= 15 is 0 Å². The molecular weight excluding hydrogens is 402 g/mol. The van der Waals surface area contributed by atoms with E-state index < -0.39 is 11.6 Å². The Kier molecular flexibility index (Phi) is 5.57. The first-order chi connectivity index (χ1) is 14.9. The quantitative estimate of drug-likeness (QED) is 0.491. The highest BCUT2D eigenvalue weighted by atomic mass is 19.1. The second-order valence-electron chi connectivity index (χ2n) is 7.01. The van der Waals surface area contributed by atoms with Gasteiger partial charge in [-0.2, -0.15) is 5.10 Å². The SMILES string of the molecule is CCNC(=O)Cn1cc2nccc(Nc3cc(-c4cc(F)ccc4F)ncc3C)c2n1. The van der Waals surface area contributed by atoms with Gasteiger partial charge in [0.05, 0.1) is 17.6 Å². The number of fused-ring (bicyclic) bond motifs is 1. The Balaban J connectivity index is 1.68. The van der Waals surface area contributed by atoms with Gasteiger partial charge in [0.2, 0.25) is 5.91 Å². The molecule has 0 aliphatic rings. The molecule has 0 unspecified atom stereocenters. The lowest BCUT2D eigenvalue weighted by molar-refractivity contribution is -0.121. The molecule has 4 aromatic rings. The van der Waals surface area contributed by atoms with Crippen LogP contribution in [0.1, 0.15) is 12.5 Å². The van der Waals surface area contributed by atoms with Crippen molar-refractivity contribution in [2.24, 2.45) is 0 Å². The third-order valence-corrected chi connectivity index (χ3v) is 4.71. The third kappa shape index (κ3) is 4.35. The smallest absolute Gasteiger partial charge is 0.241 e. The molecular formula is C22H20F2N6O. The second-order valence-corrected chi connectivity index (χ2v) is 7.01. The molecule has 0 spiro atoms. The molecule has 0 saturated heterocycles. The van der Waals surface area contributed by atoms with E-state index in [1.54, 1.807) is 30.7 Å². The average Bonchev–Trinajstić information content (AvgIpc) is 3.15. The number of aryl methyl sites for hydroxylation is 1. The summed E-state index contributed by atoms with van der Waals surface area (Å²) >= 11 is 0.